The van der Waals surface area contributed by atoms with Gasteiger partial charge in [0, 0.05) is 19.2 Å². The first-order valence-corrected chi connectivity index (χ1v) is 7.93. The maximum Gasteiger partial charge on any atom is 0.341 e. The monoisotopic (exact) mass is 336 g/mol. The molecule has 1 aromatic carbocycles. The van der Waals surface area contributed by atoms with E-state index in [1.807, 2.05) is 0 Å². The number of aliphatic hydroxyl groups is 1. The Kier molecular flexibility index (Phi) is 4.09. The molecule has 2 rings (SSSR count). The van der Waals surface area contributed by atoms with Crippen molar-refractivity contribution in [2.75, 3.05) is 18.0 Å². The molecular formula is C12H14F2N2O5S. The smallest absolute Gasteiger partial charge is 0.341 e. The number of hydrogen-bond acceptors (Lipinski definition) is 6. The van der Waals surface area contributed by atoms with Crippen LogP contribution < -0.4 is 4.90 Å². The van der Waals surface area contributed by atoms with E-state index >= 15 is 0 Å². The van der Waals surface area contributed by atoms with Crippen molar-refractivity contribution in [2.24, 2.45) is 0 Å². The lowest BCUT2D eigenvalue weighted by molar-refractivity contribution is -0.384. The van der Waals surface area contributed by atoms with Gasteiger partial charge >= 0.3 is 5.76 Å². The molecule has 1 fully saturated rings. The van der Waals surface area contributed by atoms with Crippen LogP contribution in [-0.2, 0) is 9.84 Å². The first-order valence-electron chi connectivity index (χ1n) is 6.38. The lowest BCUT2D eigenvalue weighted by Gasteiger charge is -2.47. The van der Waals surface area contributed by atoms with Crippen LogP contribution in [0.25, 0.3) is 0 Å². The standard InChI is InChI=1S/C12H14F2N2O5S/c1-2-12(17)6-15(7-12)9-4-3-8(5-10(9)16(18)19)22(20,21)11(13)14/h3-5,11,17H,2,6-7H2,1H3. The Morgan fingerprint density at radius 3 is 2.50 bits per heavy atom. The third-order valence-corrected chi connectivity index (χ3v) is 5.06. The maximum absolute atomic E-state index is 12.5. The van der Waals surface area contributed by atoms with Crippen LogP contribution in [0.3, 0.4) is 0 Å². The molecule has 0 saturated carbocycles. The highest BCUT2D eigenvalue weighted by atomic mass is 32.2. The Morgan fingerprint density at radius 2 is 2.05 bits per heavy atom. The van der Waals surface area contributed by atoms with E-state index in [0.29, 0.717) is 12.5 Å². The molecule has 1 heterocycles. The van der Waals surface area contributed by atoms with Gasteiger partial charge in [0.05, 0.1) is 15.4 Å². The van der Waals surface area contributed by atoms with Crippen LogP contribution in [0.5, 0.6) is 0 Å². The summed E-state index contributed by atoms with van der Waals surface area (Å²) in [6, 6.07) is 2.65. The zero-order valence-electron chi connectivity index (χ0n) is 11.6. The lowest BCUT2D eigenvalue weighted by atomic mass is 9.90. The number of hydrogen-bond donors (Lipinski definition) is 1. The molecule has 1 saturated heterocycles. The summed E-state index contributed by atoms with van der Waals surface area (Å²) < 4.78 is 47.8. The fourth-order valence-corrected chi connectivity index (χ4v) is 2.99. The molecule has 1 N–H and O–H groups in total. The zero-order valence-corrected chi connectivity index (χ0v) is 12.4. The third kappa shape index (κ3) is 2.75. The largest absolute Gasteiger partial charge is 0.386 e. The predicted octanol–water partition coefficient (Wildman–Crippen LogP) is 1.55. The summed E-state index contributed by atoms with van der Waals surface area (Å²) in [5, 5.41) is 21.0. The average molecular weight is 336 g/mol. The number of β-amino-alcohol motifs (C(OH)–C–C–N with tert-alkyl or cyclic N) is 1. The molecule has 1 aliphatic heterocycles. The van der Waals surface area contributed by atoms with E-state index in [0.717, 1.165) is 12.1 Å². The lowest BCUT2D eigenvalue weighted by Crippen LogP contribution is -2.61. The number of sulfone groups is 1. The van der Waals surface area contributed by atoms with Crippen LogP contribution in [0.4, 0.5) is 20.2 Å². The number of nitrogens with zero attached hydrogens (tertiary/aromatic N) is 2. The fourth-order valence-electron chi connectivity index (χ4n) is 2.25. The summed E-state index contributed by atoms with van der Waals surface area (Å²) in [4.78, 5) is 10.9. The molecule has 0 aliphatic carbocycles. The second-order valence-electron chi connectivity index (χ2n) is 5.15. The Balaban J connectivity index is 2.40. The first kappa shape index (κ1) is 16.6. The molecule has 0 atom stereocenters. The predicted molar refractivity (Wildman–Crippen MR) is 73.7 cm³/mol. The van der Waals surface area contributed by atoms with Crippen molar-refractivity contribution in [3.05, 3.63) is 28.3 Å². The highest BCUT2D eigenvalue weighted by Gasteiger charge is 2.42. The summed E-state index contributed by atoms with van der Waals surface area (Å²) >= 11 is 0. The van der Waals surface area contributed by atoms with Gasteiger partial charge in [0.15, 0.2) is 0 Å². The normalized spacial score (nSPS) is 17.4. The molecular weight excluding hydrogens is 322 g/mol. The zero-order chi connectivity index (χ0) is 16.7. The van der Waals surface area contributed by atoms with Gasteiger partial charge in [-0.25, -0.2) is 8.42 Å². The van der Waals surface area contributed by atoms with E-state index in [9.17, 15) is 32.4 Å². The van der Waals surface area contributed by atoms with Crippen molar-refractivity contribution in [3.63, 3.8) is 0 Å². The Labute approximate surface area is 125 Å². The summed E-state index contributed by atoms with van der Waals surface area (Å²) in [5.41, 5.74) is -1.43. The number of halogens is 2. The molecule has 7 nitrogen and oxygen atoms in total. The molecule has 0 amide bonds. The van der Waals surface area contributed by atoms with Crippen molar-refractivity contribution in [2.45, 2.75) is 29.6 Å². The second kappa shape index (κ2) is 5.43. The van der Waals surface area contributed by atoms with Crippen molar-refractivity contribution in [1.29, 1.82) is 0 Å². The number of alkyl halides is 2. The first-order chi connectivity index (χ1) is 10.1. The number of rotatable bonds is 5. The van der Waals surface area contributed by atoms with Crippen LogP contribution in [-0.4, -0.2) is 42.9 Å². The molecule has 1 aromatic rings. The second-order valence-corrected chi connectivity index (χ2v) is 7.07. The Hall–Kier alpha value is -1.81. The number of nitro benzene ring substituents is 1. The molecule has 1 aliphatic rings. The van der Waals surface area contributed by atoms with E-state index in [4.69, 9.17) is 0 Å². The minimum Gasteiger partial charge on any atom is -0.386 e. The number of nitro groups is 1. The Morgan fingerprint density at radius 1 is 1.45 bits per heavy atom. The van der Waals surface area contributed by atoms with Gasteiger partial charge in [-0.05, 0) is 18.6 Å². The maximum atomic E-state index is 12.5. The molecule has 22 heavy (non-hydrogen) atoms. The molecule has 0 bridgehead atoms. The fraction of sp³-hybridized carbons (Fsp3) is 0.500. The quantitative estimate of drug-likeness (QED) is 0.647. The summed E-state index contributed by atoms with van der Waals surface area (Å²) in [6.45, 7) is 2.08. The van der Waals surface area contributed by atoms with Crippen LogP contribution in [0.1, 0.15) is 13.3 Å². The van der Waals surface area contributed by atoms with E-state index in [1.165, 1.54) is 4.90 Å². The van der Waals surface area contributed by atoms with E-state index in [-0.39, 0.29) is 18.8 Å². The molecule has 0 aromatic heterocycles. The third-order valence-electron chi connectivity index (χ3n) is 3.68. The van der Waals surface area contributed by atoms with Gasteiger partial charge in [0.25, 0.3) is 5.69 Å². The van der Waals surface area contributed by atoms with Gasteiger partial charge in [-0.2, -0.15) is 8.78 Å². The van der Waals surface area contributed by atoms with Gasteiger partial charge in [-0.1, -0.05) is 6.92 Å². The minimum absolute atomic E-state index is 0.0938. The minimum atomic E-state index is -4.90. The van der Waals surface area contributed by atoms with Crippen LogP contribution in [0, 0.1) is 10.1 Å². The van der Waals surface area contributed by atoms with Gasteiger partial charge < -0.3 is 10.0 Å². The highest BCUT2D eigenvalue weighted by Crippen LogP contribution is 2.37. The van der Waals surface area contributed by atoms with Gasteiger partial charge in [-0.3, -0.25) is 10.1 Å². The number of benzene rings is 1. The van der Waals surface area contributed by atoms with Crippen LogP contribution >= 0.6 is 0 Å². The van der Waals surface area contributed by atoms with Crippen LogP contribution in [0.15, 0.2) is 23.1 Å². The van der Waals surface area contributed by atoms with Crippen molar-refractivity contribution < 1.29 is 27.2 Å². The molecule has 0 radical (unpaired) electrons. The number of anilines is 1. The molecule has 0 spiro atoms. The summed E-state index contributed by atoms with van der Waals surface area (Å²) in [5.74, 6) is -3.65. The van der Waals surface area contributed by atoms with Crippen molar-refractivity contribution in [1.82, 2.24) is 0 Å². The molecule has 10 heteroatoms. The summed E-state index contributed by atoms with van der Waals surface area (Å²) in [7, 11) is -4.90. The van der Waals surface area contributed by atoms with Crippen molar-refractivity contribution >= 4 is 21.2 Å². The Bertz CT molecular complexity index is 701. The van der Waals surface area contributed by atoms with Crippen LogP contribution in [0.2, 0.25) is 0 Å². The van der Waals surface area contributed by atoms with E-state index in [2.05, 4.69) is 0 Å². The average Bonchev–Trinajstić information content (AvgIpc) is 2.43. The topological polar surface area (TPSA) is 101 Å². The van der Waals surface area contributed by atoms with Crippen molar-refractivity contribution in [3.8, 4) is 0 Å². The summed E-state index contributed by atoms with van der Waals surface area (Å²) in [6.07, 6.45) is 0.467. The highest BCUT2D eigenvalue weighted by molar-refractivity contribution is 7.91. The molecule has 122 valence electrons. The van der Waals surface area contributed by atoms with Gasteiger partial charge in [0.2, 0.25) is 9.84 Å². The SMILES string of the molecule is CCC1(O)CN(c2ccc(S(=O)(=O)C(F)F)cc2[N+](=O)[O-])C1. The van der Waals surface area contributed by atoms with E-state index < -0.39 is 36.7 Å². The van der Waals surface area contributed by atoms with E-state index in [1.54, 1.807) is 6.92 Å². The van der Waals surface area contributed by atoms with Gasteiger partial charge in [-0.15, -0.1) is 0 Å². The molecule has 0 unspecified atom stereocenters. The van der Waals surface area contributed by atoms with Gasteiger partial charge in [0.1, 0.15) is 5.69 Å².